The van der Waals surface area contributed by atoms with Crippen molar-refractivity contribution in [3.63, 3.8) is 0 Å². The molecule has 5 heteroatoms. The highest BCUT2D eigenvalue weighted by atomic mass is 35.5. The highest BCUT2D eigenvalue weighted by molar-refractivity contribution is 6.31. The van der Waals surface area contributed by atoms with E-state index in [0.717, 1.165) is 13.0 Å². The van der Waals surface area contributed by atoms with Crippen LogP contribution in [0.3, 0.4) is 0 Å². The summed E-state index contributed by atoms with van der Waals surface area (Å²) < 4.78 is 0. The van der Waals surface area contributed by atoms with Crippen LogP contribution in [-0.4, -0.2) is 19.0 Å². The molecule has 4 nitrogen and oxygen atoms in total. The molecule has 0 aliphatic heterocycles. The van der Waals surface area contributed by atoms with Gasteiger partial charge in [0.05, 0.1) is 17.1 Å². The van der Waals surface area contributed by atoms with E-state index >= 15 is 0 Å². The summed E-state index contributed by atoms with van der Waals surface area (Å²) in [5.74, 6) is -0.135. The van der Waals surface area contributed by atoms with Crippen molar-refractivity contribution < 1.29 is 4.79 Å². The molecule has 0 aliphatic carbocycles. The molecule has 0 aromatic heterocycles. The molecule has 0 aliphatic rings. The summed E-state index contributed by atoms with van der Waals surface area (Å²) in [6.07, 6.45) is 0.979. The molecule has 0 atom stereocenters. The van der Waals surface area contributed by atoms with E-state index in [0.29, 0.717) is 16.3 Å². The lowest BCUT2D eigenvalue weighted by molar-refractivity contribution is -0.115. The van der Waals surface area contributed by atoms with Crippen LogP contribution in [0.25, 0.3) is 0 Å². The first-order valence-corrected chi connectivity index (χ1v) is 5.75. The van der Waals surface area contributed by atoms with Gasteiger partial charge in [0.15, 0.2) is 0 Å². The van der Waals surface area contributed by atoms with Gasteiger partial charge in [-0.25, -0.2) is 0 Å². The summed E-state index contributed by atoms with van der Waals surface area (Å²) >= 11 is 5.79. The topological polar surface area (TPSA) is 64.9 Å². The number of amides is 1. The Morgan fingerprint density at radius 2 is 2.29 bits per heavy atom. The third kappa shape index (κ3) is 4.43. The number of halogens is 1. The van der Waals surface area contributed by atoms with Gasteiger partial charge in [-0.05, 0) is 31.2 Å². The Balaban J connectivity index is 2.57. The van der Waals surface area contributed by atoms with Crippen LogP contribution in [0.15, 0.2) is 18.2 Å². The van der Waals surface area contributed by atoms with Crippen molar-refractivity contribution in [2.75, 3.05) is 18.4 Å². The van der Waals surface area contributed by atoms with Crippen LogP contribution in [0, 0.1) is 11.3 Å². The molecule has 0 radical (unpaired) electrons. The molecule has 0 saturated heterocycles. The molecule has 1 aromatic carbocycles. The van der Waals surface area contributed by atoms with Crippen LogP contribution < -0.4 is 10.6 Å². The van der Waals surface area contributed by atoms with Gasteiger partial charge >= 0.3 is 0 Å². The number of hydrogen-bond donors (Lipinski definition) is 2. The second kappa shape index (κ2) is 6.89. The normalized spacial score (nSPS) is 9.71. The average molecular weight is 252 g/mol. The fourth-order valence-corrected chi connectivity index (χ4v) is 1.43. The van der Waals surface area contributed by atoms with Crippen molar-refractivity contribution in [3.8, 4) is 6.07 Å². The molecule has 1 rings (SSSR count). The number of carbonyl (C=O) groups is 1. The Bertz CT molecular complexity index is 440. The zero-order valence-electron chi connectivity index (χ0n) is 9.59. The lowest BCUT2D eigenvalue weighted by Crippen LogP contribution is -2.28. The maximum absolute atomic E-state index is 11.5. The summed E-state index contributed by atoms with van der Waals surface area (Å²) in [5, 5.41) is 14.9. The Morgan fingerprint density at radius 1 is 1.53 bits per heavy atom. The smallest absolute Gasteiger partial charge is 0.238 e. The second-order valence-electron chi connectivity index (χ2n) is 3.53. The summed E-state index contributed by atoms with van der Waals surface area (Å²) in [5.41, 5.74) is 0.931. The third-order valence-electron chi connectivity index (χ3n) is 2.08. The highest BCUT2D eigenvalue weighted by Crippen LogP contribution is 2.19. The molecule has 2 N–H and O–H groups in total. The van der Waals surface area contributed by atoms with E-state index in [9.17, 15) is 4.79 Å². The predicted molar refractivity (Wildman–Crippen MR) is 68.0 cm³/mol. The number of carbonyl (C=O) groups excluding carboxylic acids is 1. The summed E-state index contributed by atoms with van der Waals surface area (Å²) in [6.45, 7) is 3.10. The predicted octanol–water partition coefficient (Wildman–Crippen LogP) is 2.15. The van der Waals surface area contributed by atoms with Gasteiger partial charge in [-0.3, -0.25) is 4.79 Å². The first-order valence-electron chi connectivity index (χ1n) is 5.37. The number of benzene rings is 1. The van der Waals surface area contributed by atoms with Crippen LogP contribution >= 0.6 is 11.6 Å². The van der Waals surface area contributed by atoms with E-state index in [2.05, 4.69) is 10.6 Å². The van der Waals surface area contributed by atoms with Crippen molar-refractivity contribution in [2.45, 2.75) is 13.3 Å². The van der Waals surface area contributed by atoms with Crippen LogP contribution in [0.1, 0.15) is 18.9 Å². The quantitative estimate of drug-likeness (QED) is 0.788. The van der Waals surface area contributed by atoms with Gasteiger partial charge in [0.1, 0.15) is 6.07 Å². The maximum Gasteiger partial charge on any atom is 0.238 e. The number of anilines is 1. The minimum atomic E-state index is -0.135. The maximum atomic E-state index is 11.5. The van der Waals surface area contributed by atoms with Crippen LogP contribution in [-0.2, 0) is 4.79 Å². The van der Waals surface area contributed by atoms with Crippen LogP contribution in [0.5, 0.6) is 0 Å². The summed E-state index contributed by atoms with van der Waals surface area (Å²) in [4.78, 5) is 11.5. The van der Waals surface area contributed by atoms with E-state index in [-0.39, 0.29) is 12.5 Å². The second-order valence-corrected chi connectivity index (χ2v) is 3.94. The molecule has 0 fully saturated rings. The molecule has 1 aromatic rings. The molecule has 0 heterocycles. The largest absolute Gasteiger partial charge is 0.325 e. The lowest BCUT2D eigenvalue weighted by Gasteiger charge is -2.06. The molecular formula is C12H14ClN3O. The zero-order chi connectivity index (χ0) is 12.7. The Kier molecular flexibility index (Phi) is 5.47. The van der Waals surface area contributed by atoms with Crippen LogP contribution in [0.4, 0.5) is 5.69 Å². The molecule has 1 amide bonds. The monoisotopic (exact) mass is 251 g/mol. The number of nitrogens with zero attached hydrogens (tertiary/aromatic N) is 1. The van der Waals surface area contributed by atoms with Crippen LogP contribution in [0.2, 0.25) is 5.02 Å². The van der Waals surface area contributed by atoms with E-state index in [1.807, 2.05) is 13.0 Å². The van der Waals surface area contributed by atoms with Gasteiger partial charge < -0.3 is 10.6 Å². The molecule has 0 saturated carbocycles. The number of nitrogens with one attached hydrogen (secondary N) is 2. The number of rotatable bonds is 5. The Hall–Kier alpha value is -1.57. The van der Waals surface area contributed by atoms with E-state index in [1.165, 1.54) is 0 Å². The summed E-state index contributed by atoms with van der Waals surface area (Å²) in [7, 11) is 0. The molecule has 90 valence electrons. The van der Waals surface area contributed by atoms with Crippen molar-refractivity contribution in [3.05, 3.63) is 28.8 Å². The van der Waals surface area contributed by atoms with Crippen molar-refractivity contribution in [1.82, 2.24) is 5.32 Å². The van der Waals surface area contributed by atoms with Crippen molar-refractivity contribution in [2.24, 2.45) is 0 Å². The van der Waals surface area contributed by atoms with Gasteiger partial charge in [-0.15, -0.1) is 0 Å². The SMILES string of the molecule is CCCNCC(=O)Nc1ccc(Cl)c(C#N)c1. The average Bonchev–Trinajstić information content (AvgIpc) is 2.32. The molecule has 0 unspecified atom stereocenters. The molecule has 0 bridgehead atoms. The molecule has 17 heavy (non-hydrogen) atoms. The third-order valence-corrected chi connectivity index (χ3v) is 2.41. The highest BCUT2D eigenvalue weighted by Gasteiger charge is 2.04. The minimum Gasteiger partial charge on any atom is -0.325 e. The Labute approximate surface area is 106 Å². The van der Waals surface area contributed by atoms with Gasteiger partial charge in [-0.2, -0.15) is 5.26 Å². The molecular weight excluding hydrogens is 238 g/mol. The number of nitriles is 1. The first kappa shape index (κ1) is 13.5. The van der Waals surface area contributed by atoms with E-state index in [4.69, 9.17) is 16.9 Å². The molecule has 0 spiro atoms. The Morgan fingerprint density at radius 3 is 2.94 bits per heavy atom. The first-order chi connectivity index (χ1) is 8.17. The zero-order valence-corrected chi connectivity index (χ0v) is 10.3. The standard InChI is InChI=1S/C12H14ClN3O/c1-2-5-15-8-12(17)16-10-3-4-11(13)9(6-10)7-14/h3-4,6,15H,2,5,8H2,1H3,(H,16,17). The number of hydrogen-bond acceptors (Lipinski definition) is 3. The van der Waals surface area contributed by atoms with Crippen molar-refractivity contribution >= 4 is 23.2 Å². The fraction of sp³-hybridized carbons (Fsp3) is 0.333. The van der Waals surface area contributed by atoms with Gasteiger partial charge in [-0.1, -0.05) is 18.5 Å². The van der Waals surface area contributed by atoms with Gasteiger partial charge in [0.25, 0.3) is 0 Å². The van der Waals surface area contributed by atoms with Crippen molar-refractivity contribution in [1.29, 1.82) is 5.26 Å². The minimum absolute atomic E-state index is 0.135. The van der Waals surface area contributed by atoms with E-state index < -0.39 is 0 Å². The van der Waals surface area contributed by atoms with E-state index in [1.54, 1.807) is 18.2 Å². The summed E-state index contributed by atoms with van der Waals surface area (Å²) in [6, 6.07) is 6.78. The lowest BCUT2D eigenvalue weighted by atomic mass is 10.2. The van der Waals surface area contributed by atoms with Gasteiger partial charge in [0, 0.05) is 5.69 Å². The van der Waals surface area contributed by atoms with Gasteiger partial charge in [0.2, 0.25) is 5.91 Å². The fourth-order valence-electron chi connectivity index (χ4n) is 1.27.